The van der Waals surface area contributed by atoms with Crippen LogP contribution in [0.25, 0.3) is 11.0 Å². The summed E-state index contributed by atoms with van der Waals surface area (Å²) in [6, 6.07) is 6.27. The fraction of sp³-hybridized carbons (Fsp3) is 0.529. The topological polar surface area (TPSA) is 38.1 Å². The number of aromatic nitrogens is 2. The van der Waals surface area contributed by atoms with Crippen LogP contribution in [0.2, 0.25) is 0 Å². The number of hydrogen-bond acceptors (Lipinski definition) is 2. The lowest BCUT2D eigenvalue weighted by Crippen LogP contribution is -2.31. The highest BCUT2D eigenvalue weighted by Crippen LogP contribution is 2.20. The number of imidazole rings is 1. The molecule has 3 rings (SSSR count). The van der Waals surface area contributed by atoms with Gasteiger partial charge < -0.3 is 9.47 Å². The van der Waals surface area contributed by atoms with Crippen molar-refractivity contribution in [1.29, 1.82) is 0 Å². The van der Waals surface area contributed by atoms with Crippen LogP contribution in [0.1, 0.15) is 55.9 Å². The number of hydrogen-bond donors (Lipinski definition) is 0. The maximum absolute atomic E-state index is 12.6. The van der Waals surface area contributed by atoms with Gasteiger partial charge >= 0.3 is 0 Å². The third kappa shape index (κ3) is 2.80. The largest absolute Gasteiger partial charge is 0.339 e. The molecule has 1 saturated heterocycles. The molecule has 1 amide bonds. The fourth-order valence-electron chi connectivity index (χ4n) is 3.03. The number of likely N-dealkylation sites (tertiary alicyclic amines) is 1. The van der Waals surface area contributed by atoms with Crippen molar-refractivity contribution in [3.63, 3.8) is 0 Å². The Morgan fingerprint density at radius 2 is 1.86 bits per heavy atom. The Labute approximate surface area is 125 Å². The van der Waals surface area contributed by atoms with Crippen LogP contribution in [0.5, 0.6) is 0 Å². The van der Waals surface area contributed by atoms with Crippen LogP contribution < -0.4 is 0 Å². The minimum absolute atomic E-state index is 0.151. The molecule has 1 aromatic carbocycles. The maximum Gasteiger partial charge on any atom is 0.253 e. The second-order valence-corrected chi connectivity index (χ2v) is 6.16. The molecule has 1 fully saturated rings. The molecular formula is C17H23N3O. The third-order valence-corrected chi connectivity index (χ3v) is 4.27. The zero-order valence-corrected chi connectivity index (χ0v) is 12.9. The lowest BCUT2D eigenvalue weighted by atomic mass is 10.1. The molecule has 1 aromatic heterocycles. The smallest absolute Gasteiger partial charge is 0.253 e. The molecule has 1 aliphatic heterocycles. The molecule has 1 aliphatic rings. The van der Waals surface area contributed by atoms with E-state index in [1.54, 1.807) is 0 Å². The number of benzene rings is 1. The van der Waals surface area contributed by atoms with Gasteiger partial charge in [-0.15, -0.1) is 0 Å². The molecule has 0 radical (unpaired) electrons. The van der Waals surface area contributed by atoms with Crippen LogP contribution in [0.4, 0.5) is 0 Å². The Balaban J connectivity index is 1.88. The monoisotopic (exact) mass is 285 g/mol. The summed E-state index contributed by atoms with van der Waals surface area (Å²) in [5.74, 6) is 0.151. The molecule has 4 heteroatoms. The van der Waals surface area contributed by atoms with Crippen molar-refractivity contribution in [2.75, 3.05) is 13.1 Å². The highest BCUT2D eigenvalue weighted by atomic mass is 16.2. The van der Waals surface area contributed by atoms with E-state index in [4.69, 9.17) is 0 Å². The Kier molecular flexibility index (Phi) is 3.95. The lowest BCUT2D eigenvalue weighted by molar-refractivity contribution is 0.0762. The highest BCUT2D eigenvalue weighted by Gasteiger charge is 2.18. The van der Waals surface area contributed by atoms with Crippen molar-refractivity contribution in [1.82, 2.24) is 14.5 Å². The predicted molar refractivity (Wildman–Crippen MR) is 84.5 cm³/mol. The van der Waals surface area contributed by atoms with Gasteiger partial charge in [-0.2, -0.15) is 0 Å². The zero-order valence-electron chi connectivity index (χ0n) is 12.9. The Hall–Kier alpha value is -1.84. The van der Waals surface area contributed by atoms with E-state index in [-0.39, 0.29) is 5.91 Å². The molecule has 112 valence electrons. The van der Waals surface area contributed by atoms with Crippen molar-refractivity contribution in [3.05, 3.63) is 30.1 Å². The fourth-order valence-corrected chi connectivity index (χ4v) is 3.03. The van der Waals surface area contributed by atoms with Crippen molar-refractivity contribution in [2.24, 2.45) is 0 Å². The minimum Gasteiger partial charge on any atom is -0.339 e. The number of carbonyl (C=O) groups excluding carboxylic acids is 1. The first-order chi connectivity index (χ1) is 10.2. The van der Waals surface area contributed by atoms with E-state index in [0.717, 1.165) is 42.5 Å². The van der Waals surface area contributed by atoms with Gasteiger partial charge in [0.05, 0.1) is 17.4 Å². The molecule has 0 aliphatic carbocycles. The van der Waals surface area contributed by atoms with Crippen molar-refractivity contribution in [3.8, 4) is 0 Å². The van der Waals surface area contributed by atoms with E-state index in [0.29, 0.717) is 6.04 Å². The summed E-state index contributed by atoms with van der Waals surface area (Å²) in [5.41, 5.74) is 2.76. The van der Waals surface area contributed by atoms with Gasteiger partial charge in [-0.25, -0.2) is 4.98 Å². The van der Waals surface area contributed by atoms with Gasteiger partial charge in [-0.3, -0.25) is 4.79 Å². The standard InChI is InChI=1S/C17H23N3O/c1-13(2)20-12-18-15-11-14(7-8-16(15)20)17(21)19-9-5-3-4-6-10-19/h7-8,11-13H,3-6,9-10H2,1-2H3. The van der Waals surface area contributed by atoms with E-state index < -0.39 is 0 Å². The van der Waals surface area contributed by atoms with Gasteiger partial charge in [-0.05, 0) is 44.9 Å². The van der Waals surface area contributed by atoms with Crippen LogP contribution in [0.3, 0.4) is 0 Å². The SMILES string of the molecule is CC(C)n1cnc2cc(C(=O)N3CCCCCC3)ccc21. The zero-order chi connectivity index (χ0) is 14.8. The van der Waals surface area contributed by atoms with E-state index in [1.807, 2.05) is 29.4 Å². The van der Waals surface area contributed by atoms with Gasteiger partial charge in [0.1, 0.15) is 0 Å². The summed E-state index contributed by atoms with van der Waals surface area (Å²) in [5, 5.41) is 0. The van der Waals surface area contributed by atoms with Gasteiger partial charge in [0, 0.05) is 24.7 Å². The number of nitrogens with zero attached hydrogens (tertiary/aromatic N) is 3. The normalized spacial score (nSPS) is 16.4. The summed E-state index contributed by atoms with van der Waals surface area (Å²) in [6.45, 7) is 6.05. The van der Waals surface area contributed by atoms with Crippen molar-refractivity contribution < 1.29 is 4.79 Å². The highest BCUT2D eigenvalue weighted by molar-refractivity contribution is 5.97. The van der Waals surface area contributed by atoms with E-state index in [1.165, 1.54) is 12.8 Å². The lowest BCUT2D eigenvalue weighted by Gasteiger charge is -2.20. The van der Waals surface area contributed by atoms with Crippen molar-refractivity contribution >= 4 is 16.9 Å². The quantitative estimate of drug-likeness (QED) is 0.845. The summed E-state index contributed by atoms with van der Waals surface area (Å²) < 4.78 is 2.13. The number of rotatable bonds is 2. The maximum atomic E-state index is 12.6. The molecular weight excluding hydrogens is 262 g/mol. The summed E-state index contributed by atoms with van der Waals surface area (Å²) in [4.78, 5) is 19.1. The van der Waals surface area contributed by atoms with Crippen LogP contribution in [-0.2, 0) is 0 Å². The average molecular weight is 285 g/mol. The molecule has 4 nitrogen and oxygen atoms in total. The predicted octanol–water partition coefficient (Wildman–Crippen LogP) is 3.63. The van der Waals surface area contributed by atoms with E-state index in [9.17, 15) is 4.79 Å². The first-order valence-corrected chi connectivity index (χ1v) is 7.92. The first kappa shape index (κ1) is 14.1. The van der Waals surface area contributed by atoms with Gasteiger partial charge in [0.2, 0.25) is 0 Å². The van der Waals surface area contributed by atoms with Crippen molar-refractivity contribution in [2.45, 2.75) is 45.6 Å². The molecule has 0 N–H and O–H groups in total. The molecule has 0 spiro atoms. The van der Waals surface area contributed by atoms with E-state index in [2.05, 4.69) is 23.4 Å². The van der Waals surface area contributed by atoms with Gasteiger partial charge in [0.15, 0.2) is 0 Å². The number of amides is 1. The Morgan fingerprint density at radius 1 is 1.14 bits per heavy atom. The first-order valence-electron chi connectivity index (χ1n) is 7.92. The molecule has 2 aromatic rings. The van der Waals surface area contributed by atoms with Gasteiger partial charge in [-0.1, -0.05) is 12.8 Å². The van der Waals surface area contributed by atoms with Gasteiger partial charge in [0.25, 0.3) is 5.91 Å². The van der Waals surface area contributed by atoms with Crippen LogP contribution in [0.15, 0.2) is 24.5 Å². The Bertz CT molecular complexity index is 637. The van der Waals surface area contributed by atoms with Crippen LogP contribution >= 0.6 is 0 Å². The molecule has 0 saturated carbocycles. The molecule has 0 unspecified atom stereocenters. The summed E-state index contributed by atoms with van der Waals surface area (Å²) in [6.07, 6.45) is 6.57. The molecule has 21 heavy (non-hydrogen) atoms. The Morgan fingerprint density at radius 3 is 2.52 bits per heavy atom. The summed E-state index contributed by atoms with van der Waals surface area (Å²) in [7, 11) is 0. The number of carbonyl (C=O) groups is 1. The summed E-state index contributed by atoms with van der Waals surface area (Å²) >= 11 is 0. The minimum atomic E-state index is 0.151. The average Bonchev–Trinajstić information content (AvgIpc) is 2.72. The van der Waals surface area contributed by atoms with Crippen LogP contribution in [0, 0.1) is 0 Å². The third-order valence-electron chi connectivity index (χ3n) is 4.27. The van der Waals surface area contributed by atoms with E-state index >= 15 is 0 Å². The van der Waals surface area contributed by atoms with Crippen LogP contribution in [-0.4, -0.2) is 33.4 Å². The molecule has 0 atom stereocenters. The second kappa shape index (κ2) is 5.88. The molecule has 0 bridgehead atoms. The molecule has 2 heterocycles. The second-order valence-electron chi connectivity index (χ2n) is 6.16. The number of fused-ring (bicyclic) bond motifs is 1.